The van der Waals surface area contributed by atoms with Crippen LogP contribution in [0.2, 0.25) is 0 Å². The van der Waals surface area contributed by atoms with Crippen molar-refractivity contribution in [3.8, 4) is 0 Å². The molecule has 1 aliphatic carbocycles. The summed E-state index contributed by atoms with van der Waals surface area (Å²) >= 11 is 0. The van der Waals surface area contributed by atoms with Gasteiger partial charge in [0.2, 0.25) is 10.0 Å². The highest BCUT2D eigenvalue weighted by atomic mass is 32.2. The lowest BCUT2D eigenvalue weighted by Gasteiger charge is -2.33. The van der Waals surface area contributed by atoms with Gasteiger partial charge in [0.25, 0.3) is 0 Å². The van der Waals surface area contributed by atoms with Gasteiger partial charge in [0.05, 0.1) is 17.6 Å². The Balaban J connectivity index is 1.71. The fourth-order valence-electron chi connectivity index (χ4n) is 3.46. The van der Waals surface area contributed by atoms with Crippen LogP contribution in [-0.2, 0) is 14.8 Å². The van der Waals surface area contributed by atoms with Crippen molar-refractivity contribution in [3.05, 3.63) is 59.7 Å². The number of hydrogen-bond acceptors (Lipinski definition) is 5. The largest absolute Gasteiger partial charge is 0.465 e. The van der Waals surface area contributed by atoms with Crippen LogP contribution in [0.25, 0.3) is 0 Å². The van der Waals surface area contributed by atoms with E-state index in [0.717, 1.165) is 36.9 Å². The van der Waals surface area contributed by atoms with Gasteiger partial charge in [-0.1, -0.05) is 30.5 Å². The van der Waals surface area contributed by atoms with Crippen LogP contribution in [0.15, 0.2) is 53.4 Å². The quantitative estimate of drug-likeness (QED) is 0.723. The SMILES string of the molecule is COC(=O)c1ccc(N[C@H]2CCCC[C@@H]2NS(=O)(=O)c2ccc(C)cc2)cc1. The van der Waals surface area contributed by atoms with Crippen molar-refractivity contribution in [1.82, 2.24) is 4.72 Å². The molecular weight excluding hydrogens is 376 g/mol. The molecule has 0 aromatic heterocycles. The third-order valence-electron chi connectivity index (χ3n) is 5.06. The number of carbonyl (C=O) groups excluding carboxylic acids is 1. The number of nitrogens with one attached hydrogen (secondary N) is 2. The van der Waals surface area contributed by atoms with E-state index in [9.17, 15) is 13.2 Å². The summed E-state index contributed by atoms with van der Waals surface area (Å²) in [4.78, 5) is 11.8. The van der Waals surface area contributed by atoms with Gasteiger partial charge < -0.3 is 10.1 Å². The predicted octanol–water partition coefficient (Wildman–Crippen LogP) is 3.48. The minimum Gasteiger partial charge on any atom is -0.465 e. The Kier molecular flexibility index (Phi) is 6.36. The van der Waals surface area contributed by atoms with Gasteiger partial charge in [-0.3, -0.25) is 0 Å². The van der Waals surface area contributed by atoms with E-state index < -0.39 is 10.0 Å². The maximum atomic E-state index is 12.8. The Hall–Kier alpha value is -2.38. The summed E-state index contributed by atoms with van der Waals surface area (Å²) in [6.45, 7) is 1.93. The Labute approximate surface area is 166 Å². The molecule has 2 aromatic carbocycles. The Morgan fingerprint density at radius 2 is 1.57 bits per heavy atom. The maximum Gasteiger partial charge on any atom is 0.337 e. The van der Waals surface area contributed by atoms with Crippen molar-refractivity contribution in [2.24, 2.45) is 0 Å². The second-order valence-electron chi connectivity index (χ2n) is 7.15. The average molecular weight is 403 g/mol. The Morgan fingerprint density at radius 1 is 0.964 bits per heavy atom. The normalized spacial score (nSPS) is 19.8. The predicted molar refractivity (Wildman–Crippen MR) is 109 cm³/mol. The fourth-order valence-corrected chi connectivity index (χ4v) is 4.78. The monoisotopic (exact) mass is 402 g/mol. The van der Waals surface area contributed by atoms with Crippen LogP contribution in [0.4, 0.5) is 5.69 Å². The highest BCUT2D eigenvalue weighted by molar-refractivity contribution is 7.89. The molecule has 0 bridgehead atoms. The zero-order valence-electron chi connectivity index (χ0n) is 16.1. The molecule has 2 N–H and O–H groups in total. The molecule has 2 aromatic rings. The van der Waals surface area contributed by atoms with Crippen molar-refractivity contribution < 1.29 is 17.9 Å². The van der Waals surface area contributed by atoms with E-state index in [1.54, 1.807) is 36.4 Å². The van der Waals surface area contributed by atoms with Crippen LogP contribution in [-0.4, -0.2) is 33.6 Å². The lowest BCUT2D eigenvalue weighted by molar-refractivity contribution is 0.0600. The molecule has 0 unspecified atom stereocenters. The Bertz CT molecular complexity index is 908. The Morgan fingerprint density at radius 3 is 2.18 bits per heavy atom. The number of esters is 1. The minimum absolute atomic E-state index is 0.0158. The van der Waals surface area contributed by atoms with E-state index >= 15 is 0 Å². The van der Waals surface area contributed by atoms with Crippen LogP contribution < -0.4 is 10.0 Å². The van der Waals surface area contributed by atoms with Crippen molar-refractivity contribution >= 4 is 21.7 Å². The lowest BCUT2D eigenvalue weighted by atomic mass is 9.91. The van der Waals surface area contributed by atoms with Gasteiger partial charge in [-0.15, -0.1) is 0 Å². The molecule has 0 amide bonds. The molecule has 2 atom stereocenters. The first kappa shape index (κ1) is 20.4. The summed E-state index contributed by atoms with van der Waals surface area (Å²) in [6, 6.07) is 13.7. The lowest BCUT2D eigenvalue weighted by Crippen LogP contribution is -2.48. The summed E-state index contributed by atoms with van der Waals surface area (Å²) < 4.78 is 33.1. The number of rotatable bonds is 6. The van der Waals surface area contributed by atoms with Crippen LogP contribution in [0.1, 0.15) is 41.6 Å². The average Bonchev–Trinajstić information content (AvgIpc) is 2.69. The van der Waals surface area contributed by atoms with Gasteiger partial charge in [-0.05, 0) is 56.2 Å². The number of carbonyl (C=O) groups is 1. The number of aryl methyl sites for hydroxylation is 1. The van der Waals surface area contributed by atoms with Gasteiger partial charge in [-0.2, -0.15) is 0 Å². The summed E-state index contributed by atoms with van der Waals surface area (Å²) in [7, 11) is -2.23. The number of benzene rings is 2. The van der Waals surface area contributed by atoms with Gasteiger partial charge in [0, 0.05) is 17.8 Å². The molecule has 1 fully saturated rings. The van der Waals surface area contributed by atoms with Crippen LogP contribution in [0.3, 0.4) is 0 Å². The van der Waals surface area contributed by atoms with Gasteiger partial charge in [0.1, 0.15) is 0 Å². The van der Waals surface area contributed by atoms with Crippen molar-refractivity contribution in [2.45, 2.75) is 49.6 Å². The molecule has 0 spiro atoms. The zero-order valence-corrected chi connectivity index (χ0v) is 17.0. The summed E-state index contributed by atoms with van der Waals surface area (Å²) in [6.07, 6.45) is 3.68. The molecule has 150 valence electrons. The van der Waals surface area contributed by atoms with Gasteiger partial charge in [0.15, 0.2) is 0 Å². The standard InChI is InChI=1S/C21H26N2O4S/c1-15-7-13-18(14-8-15)28(25,26)23-20-6-4-3-5-19(20)22-17-11-9-16(10-12-17)21(24)27-2/h7-14,19-20,22-23H,3-6H2,1-2H3/t19-,20-/m0/s1. The molecule has 0 radical (unpaired) electrons. The molecule has 0 heterocycles. The summed E-state index contributed by atoms with van der Waals surface area (Å²) in [5.74, 6) is -0.382. The highest BCUT2D eigenvalue weighted by Gasteiger charge is 2.29. The molecule has 1 aliphatic rings. The van der Waals surface area contributed by atoms with Crippen LogP contribution in [0.5, 0.6) is 0 Å². The summed E-state index contributed by atoms with van der Waals surface area (Å²) in [5, 5.41) is 3.42. The van der Waals surface area contributed by atoms with Crippen LogP contribution >= 0.6 is 0 Å². The first-order valence-corrected chi connectivity index (χ1v) is 10.9. The van der Waals surface area contributed by atoms with Crippen molar-refractivity contribution in [3.63, 3.8) is 0 Å². The fraction of sp³-hybridized carbons (Fsp3) is 0.381. The van der Waals surface area contributed by atoms with Gasteiger partial charge >= 0.3 is 5.97 Å². The first-order chi connectivity index (χ1) is 13.4. The maximum absolute atomic E-state index is 12.8. The molecule has 1 saturated carbocycles. The van der Waals surface area contributed by atoms with E-state index in [1.165, 1.54) is 7.11 Å². The highest BCUT2D eigenvalue weighted by Crippen LogP contribution is 2.24. The third kappa shape index (κ3) is 4.91. The number of methoxy groups -OCH3 is 1. The molecule has 7 heteroatoms. The zero-order chi connectivity index (χ0) is 20.1. The second kappa shape index (κ2) is 8.75. The van der Waals surface area contributed by atoms with Gasteiger partial charge in [-0.25, -0.2) is 17.9 Å². The van der Waals surface area contributed by atoms with E-state index in [2.05, 4.69) is 10.0 Å². The topological polar surface area (TPSA) is 84.5 Å². The van der Waals surface area contributed by atoms with E-state index in [1.807, 2.05) is 19.1 Å². The third-order valence-corrected chi connectivity index (χ3v) is 6.57. The minimum atomic E-state index is -3.57. The number of anilines is 1. The number of hydrogen-bond donors (Lipinski definition) is 2. The molecule has 6 nitrogen and oxygen atoms in total. The van der Waals surface area contributed by atoms with Crippen molar-refractivity contribution in [2.75, 3.05) is 12.4 Å². The molecule has 28 heavy (non-hydrogen) atoms. The second-order valence-corrected chi connectivity index (χ2v) is 8.86. The molecule has 0 aliphatic heterocycles. The number of ether oxygens (including phenoxy) is 1. The smallest absolute Gasteiger partial charge is 0.337 e. The molecular formula is C21H26N2O4S. The first-order valence-electron chi connectivity index (χ1n) is 9.43. The van der Waals surface area contributed by atoms with Crippen molar-refractivity contribution in [1.29, 1.82) is 0 Å². The van der Waals surface area contributed by atoms with Crippen LogP contribution in [0, 0.1) is 6.92 Å². The molecule has 3 rings (SSSR count). The molecule has 0 saturated heterocycles. The number of sulfonamides is 1. The van der Waals surface area contributed by atoms with E-state index in [0.29, 0.717) is 5.56 Å². The van der Waals surface area contributed by atoms with E-state index in [-0.39, 0.29) is 22.9 Å². The summed E-state index contributed by atoms with van der Waals surface area (Å²) in [5.41, 5.74) is 2.35. The van der Waals surface area contributed by atoms with E-state index in [4.69, 9.17) is 4.74 Å².